The monoisotopic (exact) mass is 428 g/mol. The standard InChI is InChI=1S/C18H12ClF3N2O5/c19-12-3-6-14-11(7-12)8-15(29-17(25)26)16(18(20,21)22)23(14)9-10-1-4-13(5-2-10)24(27)28/h1-8,16H,9H2,(H,25,26). The first-order chi connectivity index (χ1) is 13.6. The topological polar surface area (TPSA) is 92.9 Å². The normalized spacial score (nSPS) is 16.1. The number of non-ortho nitro benzene ring substituents is 1. The summed E-state index contributed by atoms with van der Waals surface area (Å²) in [5, 5.41) is 19.9. The molecule has 1 aliphatic heterocycles. The van der Waals surface area contributed by atoms with E-state index in [-0.39, 0.29) is 28.5 Å². The lowest BCUT2D eigenvalue weighted by molar-refractivity contribution is -0.384. The lowest BCUT2D eigenvalue weighted by Gasteiger charge is -2.39. The molecule has 2 aromatic rings. The number of ether oxygens (including phenoxy) is 1. The maximum absolute atomic E-state index is 13.9. The second kappa shape index (κ2) is 7.63. The van der Waals surface area contributed by atoms with Crippen molar-refractivity contribution in [3.63, 3.8) is 0 Å². The molecule has 0 radical (unpaired) electrons. The van der Waals surface area contributed by atoms with E-state index in [1.807, 2.05) is 0 Å². The second-order valence-corrected chi connectivity index (χ2v) is 6.55. The van der Waals surface area contributed by atoms with Crippen LogP contribution in [-0.2, 0) is 11.3 Å². The molecule has 2 aromatic carbocycles. The van der Waals surface area contributed by atoms with E-state index in [0.29, 0.717) is 5.56 Å². The lowest BCUT2D eigenvalue weighted by Crippen LogP contribution is -2.49. The van der Waals surface area contributed by atoms with E-state index in [9.17, 15) is 28.1 Å². The predicted octanol–water partition coefficient (Wildman–Crippen LogP) is 5.23. The van der Waals surface area contributed by atoms with Gasteiger partial charge in [-0.05, 0) is 29.8 Å². The number of rotatable bonds is 4. The van der Waals surface area contributed by atoms with Gasteiger partial charge >= 0.3 is 12.3 Å². The summed E-state index contributed by atoms with van der Waals surface area (Å²) in [6.45, 7) is -0.308. The number of halogens is 4. The zero-order valence-electron chi connectivity index (χ0n) is 14.4. The number of nitro groups is 1. The molecular weight excluding hydrogens is 417 g/mol. The summed E-state index contributed by atoms with van der Waals surface area (Å²) in [4.78, 5) is 22.0. The van der Waals surface area contributed by atoms with Gasteiger partial charge in [0.05, 0.1) is 4.92 Å². The molecule has 7 nitrogen and oxygen atoms in total. The van der Waals surface area contributed by atoms with Crippen LogP contribution in [0.5, 0.6) is 0 Å². The number of alkyl halides is 3. The highest BCUT2D eigenvalue weighted by Gasteiger charge is 2.50. The quantitative estimate of drug-likeness (QED) is 0.407. The van der Waals surface area contributed by atoms with Gasteiger partial charge in [-0.2, -0.15) is 13.2 Å². The maximum atomic E-state index is 13.9. The molecule has 0 fully saturated rings. The van der Waals surface area contributed by atoms with Crippen LogP contribution in [0.15, 0.2) is 48.2 Å². The van der Waals surface area contributed by atoms with Crippen LogP contribution in [0.4, 0.5) is 29.3 Å². The Morgan fingerprint density at radius 1 is 1.24 bits per heavy atom. The van der Waals surface area contributed by atoms with E-state index in [0.717, 1.165) is 11.0 Å². The lowest BCUT2D eigenvalue weighted by atomic mass is 9.99. The Bertz CT molecular complexity index is 992. The minimum Gasteiger partial charge on any atom is -0.449 e. The van der Waals surface area contributed by atoms with E-state index >= 15 is 0 Å². The fraction of sp³-hybridized carbons (Fsp3) is 0.167. The summed E-state index contributed by atoms with van der Waals surface area (Å²) in [7, 11) is 0. The van der Waals surface area contributed by atoms with Crippen molar-refractivity contribution in [3.05, 3.63) is 74.5 Å². The summed E-state index contributed by atoms with van der Waals surface area (Å²) in [6.07, 6.45) is -5.76. The molecule has 0 aliphatic carbocycles. The molecule has 11 heteroatoms. The molecule has 0 amide bonds. The average molecular weight is 429 g/mol. The van der Waals surface area contributed by atoms with Gasteiger partial charge in [-0.25, -0.2) is 4.79 Å². The molecule has 29 heavy (non-hydrogen) atoms. The molecule has 1 atom stereocenters. The van der Waals surface area contributed by atoms with Gasteiger partial charge in [0.15, 0.2) is 6.04 Å². The summed E-state index contributed by atoms with van der Waals surface area (Å²) < 4.78 is 46.0. The van der Waals surface area contributed by atoms with Gasteiger partial charge in [-0.15, -0.1) is 0 Å². The number of hydrogen-bond acceptors (Lipinski definition) is 5. The molecule has 3 rings (SSSR count). The highest BCUT2D eigenvalue weighted by Crippen LogP contribution is 2.42. The van der Waals surface area contributed by atoms with Gasteiger partial charge in [0.1, 0.15) is 5.76 Å². The second-order valence-electron chi connectivity index (χ2n) is 6.11. The molecule has 0 bridgehead atoms. The van der Waals surface area contributed by atoms with Gasteiger partial charge < -0.3 is 14.7 Å². The van der Waals surface area contributed by atoms with E-state index in [4.69, 9.17) is 16.7 Å². The van der Waals surface area contributed by atoms with Gasteiger partial charge in [0.2, 0.25) is 0 Å². The minimum atomic E-state index is -4.86. The minimum absolute atomic E-state index is 0.160. The third-order valence-electron chi connectivity index (χ3n) is 4.19. The van der Waals surface area contributed by atoms with Crippen molar-refractivity contribution in [3.8, 4) is 0 Å². The smallest absolute Gasteiger partial charge is 0.449 e. The highest BCUT2D eigenvalue weighted by atomic mass is 35.5. The maximum Gasteiger partial charge on any atom is 0.511 e. The number of nitro benzene ring substituents is 1. The third-order valence-corrected chi connectivity index (χ3v) is 4.43. The van der Waals surface area contributed by atoms with Gasteiger partial charge in [-0.1, -0.05) is 23.7 Å². The summed E-state index contributed by atoms with van der Waals surface area (Å²) in [6, 6.07) is 6.82. The number of nitrogens with zero attached hydrogens (tertiary/aromatic N) is 2. The Morgan fingerprint density at radius 2 is 1.90 bits per heavy atom. The van der Waals surface area contributed by atoms with Crippen molar-refractivity contribution in [2.45, 2.75) is 18.8 Å². The average Bonchev–Trinajstić information content (AvgIpc) is 2.60. The van der Waals surface area contributed by atoms with Crippen molar-refractivity contribution < 1.29 is 32.7 Å². The van der Waals surface area contributed by atoms with Gasteiger partial charge in [0, 0.05) is 35.0 Å². The van der Waals surface area contributed by atoms with Gasteiger partial charge in [-0.3, -0.25) is 10.1 Å². The van der Waals surface area contributed by atoms with Gasteiger partial charge in [0.25, 0.3) is 5.69 Å². The fourth-order valence-corrected chi connectivity index (χ4v) is 3.23. The first-order valence-corrected chi connectivity index (χ1v) is 8.42. The molecule has 1 N–H and O–H groups in total. The van der Waals surface area contributed by atoms with Crippen molar-refractivity contribution in [2.24, 2.45) is 0 Å². The summed E-state index contributed by atoms with van der Waals surface area (Å²) in [5.41, 5.74) is 0.549. The van der Waals surface area contributed by atoms with E-state index in [2.05, 4.69) is 4.74 Å². The Morgan fingerprint density at radius 3 is 2.45 bits per heavy atom. The van der Waals surface area contributed by atoms with Crippen molar-refractivity contribution in [1.82, 2.24) is 0 Å². The molecule has 152 valence electrons. The highest BCUT2D eigenvalue weighted by molar-refractivity contribution is 6.30. The van der Waals surface area contributed by atoms with Crippen LogP contribution in [0.25, 0.3) is 6.08 Å². The molecule has 1 unspecified atom stereocenters. The number of carboxylic acid groups (broad SMARTS) is 1. The largest absolute Gasteiger partial charge is 0.511 e. The molecule has 1 heterocycles. The SMILES string of the molecule is O=C(O)OC1=Cc2cc(Cl)ccc2N(Cc2ccc([N+](=O)[O-])cc2)C1C(F)(F)F. The molecule has 0 saturated carbocycles. The van der Waals surface area contributed by atoms with E-state index < -0.39 is 29.1 Å². The van der Waals surface area contributed by atoms with Crippen molar-refractivity contribution >= 4 is 35.2 Å². The zero-order chi connectivity index (χ0) is 21.3. The summed E-state index contributed by atoms with van der Waals surface area (Å²) >= 11 is 5.92. The third kappa shape index (κ3) is 4.43. The molecule has 0 spiro atoms. The van der Waals surface area contributed by atoms with Crippen LogP contribution in [-0.4, -0.2) is 28.4 Å². The molecule has 1 aliphatic rings. The Hall–Kier alpha value is -3.27. The zero-order valence-corrected chi connectivity index (χ0v) is 15.1. The Balaban J connectivity index is 2.09. The number of anilines is 1. The molecular formula is C18H12ClF3N2O5. The first-order valence-electron chi connectivity index (χ1n) is 8.05. The van der Waals surface area contributed by atoms with Crippen LogP contribution in [0, 0.1) is 10.1 Å². The molecule has 0 saturated heterocycles. The number of benzene rings is 2. The number of fused-ring (bicyclic) bond motifs is 1. The van der Waals surface area contributed by atoms with Crippen molar-refractivity contribution in [1.29, 1.82) is 0 Å². The Kier molecular flexibility index (Phi) is 5.38. The van der Waals surface area contributed by atoms with Crippen molar-refractivity contribution in [2.75, 3.05) is 4.90 Å². The van der Waals surface area contributed by atoms with E-state index in [1.165, 1.54) is 42.5 Å². The number of hydrogen-bond donors (Lipinski definition) is 1. The van der Waals surface area contributed by atoms with Crippen LogP contribution < -0.4 is 4.90 Å². The van der Waals surface area contributed by atoms with Crippen LogP contribution in [0.1, 0.15) is 11.1 Å². The fourth-order valence-electron chi connectivity index (χ4n) is 3.05. The molecule has 0 aromatic heterocycles. The number of carbonyl (C=O) groups is 1. The van der Waals surface area contributed by atoms with Crippen LogP contribution >= 0.6 is 11.6 Å². The van der Waals surface area contributed by atoms with E-state index in [1.54, 1.807) is 0 Å². The van der Waals surface area contributed by atoms with Crippen LogP contribution in [0.3, 0.4) is 0 Å². The first kappa shape index (κ1) is 20.5. The Labute approximate surface area is 166 Å². The summed E-state index contributed by atoms with van der Waals surface area (Å²) in [5.74, 6) is -0.818. The predicted molar refractivity (Wildman–Crippen MR) is 97.7 cm³/mol. The van der Waals surface area contributed by atoms with Crippen LogP contribution in [0.2, 0.25) is 5.02 Å².